The summed E-state index contributed by atoms with van der Waals surface area (Å²) in [4.78, 5) is 59.7. The van der Waals surface area contributed by atoms with Crippen molar-refractivity contribution in [2.45, 2.75) is 24.9 Å². The summed E-state index contributed by atoms with van der Waals surface area (Å²) in [5.41, 5.74) is -0.517. The first-order valence-corrected chi connectivity index (χ1v) is 15.7. The third-order valence-corrected chi connectivity index (χ3v) is 8.63. The van der Waals surface area contributed by atoms with Crippen LogP contribution < -0.4 is 10.9 Å². The zero-order valence-electron chi connectivity index (χ0n) is 17.3. The number of nitrogens with zero attached hydrogens (tertiary/aromatic N) is 1. The minimum atomic E-state index is -5.70. The number of carbonyl (C=O) groups excluding carboxylic acids is 1. The van der Waals surface area contributed by atoms with Gasteiger partial charge in [0.15, 0.2) is 0 Å². The molecule has 1 fully saturated rings. The molecule has 2 heterocycles. The summed E-state index contributed by atoms with van der Waals surface area (Å²) in [6, 6.07) is 2.41. The molecule has 1 aromatic heterocycles. The monoisotopic (exact) mass is 602 g/mol. The molecule has 6 N–H and O–H groups in total. The van der Waals surface area contributed by atoms with Gasteiger partial charge in [-0.2, -0.15) is 8.62 Å². The highest BCUT2D eigenvalue weighted by molar-refractivity contribution is 8.68. The number of hydrogen-bond acceptors (Lipinski definition) is 13. The van der Waals surface area contributed by atoms with Gasteiger partial charge in [0.1, 0.15) is 18.9 Å². The molecule has 0 bridgehead atoms. The molecule has 1 aliphatic heterocycles. The molecule has 1 saturated heterocycles. The number of aromatic nitrogens is 1. The third kappa shape index (κ3) is 10.6. The lowest BCUT2D eigenvalue weighted by Crippen LogP contribution is -2.27. The van der Waals surface area contributed by atoms with E-state index in [1.165, 1.54) is 23.1 Å². The van der Waals surface area contributed by atoms with Crippen molar-refractivity contribution in [3.05, 3.63) is 28.7 Å². The van der Waals surface area contributed by atoms with Crippen molar-refractivity contribution in [2.75, 3.05) is 24.3 Å². The van der Waals surface area contributed by atoms with Crippen molar-refractivity contribution in [2.24, 2.45) is 0 Å². The summed E-state index contributed by atoms with van der Waals surface area (Å²) < 4.78 is 56.7. The Morgan fingerprint density at radius 2 is 1.91 bits per heavy atom. The number of thiol groups is 1. The Morgan fingerprint density at radius 3 is 2.51 bits per heavy atom. The summed E-state index contributed by atoms with van der Waals surface area (Å²) in [7, 11) is -15.5. The van der Waals surface area contributed by atoms with E-state index < -0.39 is 60.2 Å². The van der Waals surface area contributed by atoms with Gasteiger partial charge in [-0.25, -0.2) is 18.5 Å². The fourth-order valence-electron chi connectivity index (χ4n) is 2.64. The van der Waals surface area contributed by atoms with E-state index in [1.807, 2.05) is 0 Å². The quantitative estimate of drug-likeness (QED) is 0.0762. The smallest absolute Gasteiger partial charge is 0.448 e. The summed E-state index contributed by atoms with van der Waals surface area (Å²) in [5.74, 6) is 0.461. The van der Waals surface area contributed by atoms with Gasteiger partial charge in [0.2, 0.25) is 0 Å². The minimum absolute atomic E-state index is 0.104. The van der Waals surface area contributed by atoms with Crippen LogP contribution in [0.3, 0.4) is 0 Å². The predicted octanol–water partition coefficient (Wildman–Crippen LogP) is 0.966. The molecule has 5 atom stereocenters. The first-order valence-electron chi connectivity index (χ1n) is 9.15. The van der Waals surface area contributed by atoms with Gasteiger partial charge < -0.3 is 34.2 Å². The number of nitrogens with one attached hydrogen (secondary N) is 1. The van der Waals surface area contributed by atoms with Gasteiger partial charge in [0.25, 0.3) is 5.56 Å². The van der Waals surface area contributed by atoms with Gasteiger partial charge in [-0.05, 0) is 6.07 Å². The Balaban J connectivity index is 1.95. The zero-order valence-corrected chi connectivity index (χ0v) is 21.6. The number of phosphoric acid groups is 3. The van der Waals surface area contributed by atoms with Crippen LogP contribution in [-0.2, 0) is 36.3 Å². The Labute approximate surface area is 206 Å². The van der Waals surface area contributed by atoms with Crippen LogP contribution in [0.1, 0.15) is 12.6 Å². The molecule has 2 rings (SSSR count). The van der Waals surface area contributed by atoms with Crippen molar-refractivity contribution in [3.8, 4) is 0 Å². The number of anilines is 1. The molecule has 1 amide bonds. The third-order valence-electron chi connectivity index (χ3n) is 3.93. The molecule has 0 saturated carbocycles. The second-order valence-electron chi connectivity index (χ2n) is 6.57. The highest BCUT2D eigenvalue weighted by Crippen LogP contribution is 2.66. The number of phosphoric ester groups is 1. The molecule has 22 heteroatoms. The van der Waals surface area contributed by atoms with E-state index in [0.29, 0.717) is 5.75 Å². The number of amides is 1. The second kappa shape index (κ2) is 12.7. The Hall–Kier alpha value is -0.750. The SMILES string of the molecule is O=C(Nc1ccn([C@H]2CC(O)[C@@H](COP(=O)(O)OP(=O)(O)OP(=O)(O)O)O2)c(=O)c1)OCCSS. The number of hydrogen-bond donors (Lipinski definition) is 7. The summed E-state index contributed by atoms with van der Waals surface area (Å²) in [6.07, 6.45) is -3.39. The molecule has 0 aliphatic carbocycles. The topological polar surface area (TPSA) is 250 Å². The maximum absolute atomic E-state index is 12.4. The molecule has 35 heavy (non-hydrogen) atoms. The molecular formula is C13H21N2O15P3S2. The van der Waals surface area contributed by atoms with Crippen LogP contribution in [0.25, 0.3) is 0 Å². The highest BCUT2D eigenvalue weighted by atomic mass is 33.1. The van der Waals surface area contributed by atoms with Gasteiger partial charge in [0.05, 0.1) is 18.4 Å². The van der Waals surface area contributed by atoms with Crippen molar-refractivity contribution in [3.63, 3.8) is 0 Å². The van der Waals surface area contributed by atoms with E-state index in [0.717, 1.165) is 10.6 Å². The van der Waals surface area contributed by atoms with Gasteiger partial charge in [-0.15, -0.1) is 11.7 Å². The van der Waals surface area contributed by atoms with Gasteiger partial charge >= 0.3 is 29.6 Å². The normalized spacial score (nSPS) is 23.9. The average Bonchev–Trinajstić information content (AvgIpc) is 3.04. The fourth-order valence-corrected chi connectivity index (χ4v) is 6.05. The summed E-state index contributed by atoms with van der Waals surface area (Å²) in [6.45, 7) is -0.779. The van der Waals surface area contributed by atoms with Crippen LogP contribution in [0.4, 0.5) is 10.5 Å². The largest absolute Gasteiger partial charge is 0.490 e. The predicted molar refractivity (Wildman–Crippen MR) is 121 cm³/mol. The van der Waals surface area contributed by atoms with Gasteiger partial charge in [-0.1, -0.05) is 10.8 Å². The first-order chi connectivity index (χ1) is 16.1. The molecule has 0 spiro atoms. The van der Waals surface area contributed by atoms with Crippen LogP contribution in [-0.4, -0.2) is 66.5 Å². The Morgan fingerprint density at radius 1 is 1.23 bits per heavy atom. The number of aliphatic hydroxyl groups excluding tert-OH is 1. The number of rotatable bonds is 12. The Bertz CT molecular complexity index is 1100. The lowest BCUT2D eigenvalue weighted by molar-refractivity contribution is -0.0445. The van der Waals surface area contributed by atoms with E-state index in [2.05, 4.69) is 30.1 Å². The van der Waals surface area contributed by atoms with Gasteiger partial charge in [-0.3, -0.25) is 19.2 Å². The molecule has 3 unspecified atom stereocenters. The van der Waals surface area contributed by atoms with Crippen molar-refractivity contribution in [1.29, 1.82) is 0 Å². The van der Waals surface area contributed by atoms with E-state index in [9.17, 15) is 33.3 Å². The number of carbonyl (C=O) groups is 1. The first kappa shape index (κ1) is 30.5. The Kier molecular flexibility index (Phi) is 11.0. The molecule has 0 radical (unpaired) electrons. The molecule has 17 nitrogen and oxygen atoms in total. The van der Waals surface area contributed by atoms with E-state index in [-0.39, 0.29) is 18.7 Å². The number of pyridine rings is 1. The zero-order chi connectivity index (χ0) is 26.4. The molecule has 1 aromatic rings. The summed E-state index contributed by atoms with van der Waals surface area (Å²) >= 11 is 3.90. The van der Waals surface area contributed by atoms with Crippen LogP contribution in [0, 0.1) is 0 Å². The summed E-state index contributed by atoms with van der Waals surface area (Å²) in [5, 5.41) is 12.5. The molecule has 200 valence electrons. The van der Waals surface area contributed by atoms with E-state index in [1.54, 1.807) is 0 Å². The highest BCUT2D eigenvalue weighted by Gasteiger charge is 2.42. The van der Waals surface area contributed by atoms with Gasteiger partial charge in [0, 0.05) is 24.4 Å². The van der Waals surface area contributed by atoms with Crippen LogP contribution in [0.5, 0.6) is 0 Å². The maximum Gasteiger partial charge on any atom is 0.490 e. The molecule has 1 aliphatic rings. The number of ether oxygens (including phenoxy) is 2. The standard InChI is InChI=1S/C13H21N2O15P3S2/c16-9-6-12(15-2-1-8(5-11(15)17)14-13(18)26-3-4-35-34)28-10(9)7-27-32(22,23)30-33(24,25)29-31(19,20)21/h1-2,5,9-10,12,16,34H,3-4,6-7H2,(H,14,18)(H,22,23)(H,24,25)(H2,19,20,21)/t9?,10-,12-/m1/s1. The minimum Gasteiger partial charge on any atom is -0.448 e. The average molecular weight is 602 g/mol. The van der Waals surface area contributed by atoms with Crippen molar-refractivity contribution < 1.29 is 65.8 Å². The van der Waals surface area contributed by atoms with Crippen LogP contribution in [0.2, 0.25) is 0 Å². The van der Waals surface area contributed by atoms with Crippen molar-refractivity contribution in [1.82, 2.24) is 4.57 Å². The fraction of sp³-hybridized carbons (Fsp3) is 0.538. The lowest BCUT2D eigenvalue weighted by Gasteiger charge is -2.19. The van der Waals surface area contributed by atoms with Crippen molar-refractivity contribution >= 4 is 57.7 Å². The van der Waals surface area contributed by atoms with Crippen LogP contribution >= 0.6 is 45.9 Å². The maximum atomic E-state index is 12.4. The van der Waals surface area contributed by atoms with E-state index in [4.69, 9.17) is 24.2 Å². The molecule has 0 aromatic carbocycles. The molecular weight excluding hydrogens is 581 g/mol. The second-order valence-corrected chi connectivity index (χ2v) is 12.4. The van der Waals surface area contributed by atoms with E-state index >= 15 is 0 Å². The lowest BCUT2D eigenvalue weighted by atomic mass is 10.2. The van der Waals surface area contributed by atoms with Crippen LogP contribution in [0.15, 0.2) is 23.1 Å². The number of aliphatic hydroxyl groups is 1.